The Morgan fingerprint density at radius 1 is 0.964 bits per heavy atom. The van der Waals surface area contributed by atoms with E-state index >= 15 is 0 Å². The van der Waals surface area contributed by atoms with E-state index in [1.165, 1.54) is 5.56 Å². The molecular formula is C23H18Cl2O3. The first kappa shape index (κ1) is 18.9. The molecule has 5 heteroatoms. The molecule has 4 rings (SSSR count). The molecule has 0 radical (unpaired) electrons. The normalized spacial score (nSPS) is 15.7. The van der Waals surface area contributed by atoms with Crippen LogP contribution < -0.4 is 4.74 Å². The summed E-state index contributed by atoms with van der Waals surface area (Å²) in [5.41, 5.74) is 3.87. The quantitative estimate of drug-likeness (QED) is 0.521. The van der Waals surface area contributed by atoms with Crippen LogP contribution in [-0.4, -0.2) is 11.1 Å². The second kappa shape index (κ2) is 7.86. The predicted molar refractivity (Wildman–Crippen MR) is 112 cm³/mol. The zero-order valence-corrected chi connectivity index (χ0v) is 16.5. The number of aliphatic carboxylic acids is 1. The number of carboxylic acids is 1. The van der Waals surface area contributed by atoms with Crippen molar-refractivity contribution in [2.45, 2.75) is 19.3 Å². The average molecular weight is 413 g/mol. The lowest BCUT2D eigenvalue weighted by Gasteiger charge is -2.22. The van der Waals surface area contributed by atoms with Crippen molar-refractivity contribution in [1.82, 2.24) is 0 Å². The van der Waals surface area contributed by atoms with Crippen molar-refractivity contribution in [2.75, 3.05) is 0 Å². The van der Waals surface area contributed by atoms with Gasteiger partial charge in [-0.25, -0.2) is 0 Å². The van der Waals surface area contributed by atoms with E-state index in [2.05, 4.69) is 0 Å². The smallest absolute Gasteiger partial charge is 0.306 e. The molecule has 1 atom stereocenters. The van der Waals surface area contributed by atoms with Crippen molar-refractivity contribution in [3.05, 3.63) is 81.8 Å². The second-order valence-corrected chi connectivity index (χ2v) is 7.69. The number of rotatable bonds is 4. The fourth-order valence-electron chi connectivity index (χ4n) is 3.62. The molecule has 1 aliphatic carbocycles. The summed E-state index contributed by atoms with van der Waals surface area (Å²) in [6, 6.07) is 19.0. The Morgan fingerprint density at radius 3 is 2.57 bits per heavy atom. The van der Waals surface area contributed by atoms with Crippen molar-refractivity contribution >= 4 is 29.2 Å². The molecule has 0 aromatic heterocycles. The summed E-state index contributed by atoms with van der Waals surface area (Å²) in [4.78, 5) is 11.3. The van der Waals surface area contributed by atoms with Gasteiger partial charge in [0.2, 0.25) is 0 Å². The fourth-order valence-corrected chi connectivity index (χ4v) is 4.03. The Labute approximate surface area is 173 Å². The third-order valence-electron chi connectivity index (χ3n) is 5.11. The first-order chi connectivity index (χ1) is 13.5. The molecule has 3 aromatic carbocycles. The minimum Gasteiger partial charge on any atom is -0.481 e. The van der Waals surface area contributed by atoms with E-state index in [4.69, 9.17) is 27.9 Å². The standard InChI is InChI=1S/C23H18Cl2O3/c24-20-6-3-5-19(22(20)25)18-4-1-2-7-21(18)28-17-11-10-14-8-9-15(23(26)27)12-16(14)13-17/h1-7,10-11,13,15H,8-9,12H2,(H,26,27). The van der Waals surface area contributed by atoms with Gasteiger partial charge in [0.15, 0.2) is 0 Å². The van der Waals surface area contributed by atoms with Crippen LogP contribution in [0.15, 0.2) is 60.7 Å². The number of benzene rings is 3. The molecule has 28 heavy (non-hydrogen) atoms. The van der Waals surface area contributed by atoms with E-state index < -0.39 is 5.97 Å². The topological polar surface area (TPSA) is 46.5 Å². The van der Waals surface area contributed by atoms with Gasteiger partial charge in [-0.15, -0.1) is 0 Å². The van der Waals surface area contributed by atoms with Gasteiger partial charge >= 0.3 is 5.97 Å². The van der Waals surface area contributed by atoms with Gasteiger partial charge in [0.25, 0.3) is 0 Å². The number of ether oxygens (including phenoxy) is 1. The fraction of sp³-hybridized carbons (Fsp3) is 0.174. The van der Waals surface area contributed by atoms with E-state index in [1.54, 1.807) is 6.07 Å². The van der Waals surface area contributed by atoms with Gasteiger partial charge in [-0.05, 0) is 54.7 Å². The summed E-state index contributed by atoms with van der Waals surface area (Å²) >= 11 is 12.6. The molecule has 0 bridgehead atoms. The highest BCUT2D eigenvalue weighted by Gasteiger charge is 2.24. The number of aryl methyl sites for hydroxylation is 1. The number of hydrogen-bond donors (Lipinski definition) is 1. The average Bonchev–Trinajstić information content (AvgIpc) is 2.70. The van der Waals surface area contributed by atoms with Crippen LogP contribution in [0.25, 0.3) is 11.1 Å². The van der Waals surface area contributed by atoms with Crippen LogP contribution in [0, 0.1) is 5.92 Å². The van der Waals surface area contributed by atoms with Crippen molar-refractivity contribution in [3.8, 4) is 22.6 Å². The molecular weight excluding hydrogens is 395 g/mol. The minimum atomic E-state index is -0.738. The molecule has 0 saturated carbocycles. The Morgan fingerprint density at radius 2 is 1.75 bits per heavy atom. The molecule has 0 spiro atoms. The molecule has 1 unspecified atom stereocenters. The third kappa shape index (κ3) is 3.73. The van der Waals surface area contributed by atoms with E-state index in [0.717, 1.165) is 23.1 Å². The highest BCUT2D eigenvalue weighted by atomic mass is 35.5. The summed E-state index contributed by atoms with van der Waals surface area (Å²) < 4.78 is 6.17. The lowest BCUT2D eigenvalue weighted by atomic mass is 9.84. The van der Waals surface area contributed by atoms with Crippen molar-refractivity contribution < 1.29 is 14.6 Å². The maximum absolute atomic E-state index is 11.3. The zero-order chi connectivity index (χ0) is 19.7. The Hall–Kier alpha value is -2.49. The molecule has 1 N–H and O–H groups in total. The van der Waals surface area contributed by atoms with Crippen molar-refractivity contribution in [1.29, 1.82) is 0 Å². The van der Waals surface area contributed by atoms with Crippen LogP contribution in [0.4, 0.5) is 0 Å². The largest absolute Gasteiger partial charge is 0.481 e. The number of halogens is 2. The van der Waals surface area contributed by atoms with E-state index in [-0.39, 0.29) is 5.92 Å². The highest BCUT2D eigenvalue weighted by Crippen LogP contribution is 2.40. The van der Waals surface area contributed by atoms with Crippen molar-refractivity contribution in [3.63, 3.8) is 0 Å². The van der Waals surface area contributed by atoms with Gasteiger partial charge in [-0.1, -0.05) is 59.6 Å². The highest BCUT2D eigenvalue weighted by molar-refractivity contribution is 6.43. The molecule has 142 valence electrons. The van der Waals surface area contributed by atoms with Crippen LogP contribution in [0.5, 0.6) is 11.5 Å². The lowest BCUT2D eigenvalue weighted by Crippen LogP contribution is -2.22. The lowest BCUT2D eigenvalue weighted by molar-refractivity contribution is -0.142. The van der Waals surface area contributed by atoms with Gasteiger partial charge in [-0.3, -0.25) is 4.79 Å². The van der Waals surface area contributed by atoms with Crippen molar-refractivity contribution in [2.24, 2.45) is 5.92 Å². The van der Waals surface area contributed by atoms with E-state index in [1.807, 2.05) is 54.6 Å². The van der Waals surface area contributed by atoms with Crippen LogP contribution in [0.3, 0.4) is 0 Å². The first-order valence-corrected chi connectivity index (χ1v) is 9.84. The summed E-state index contributed by atoms with van der Waals surface area (Å²) in [7, 11) is 0. The van der Waals surface area contributed by atoms with Gasteiger partial charge in [0.05, 0.1) is 16.0 Å². The SMILES string of the molecule is O=C(O)C1CCc2ccc(Oc3ccccc3-c3cccc(Cl)c3Cl)cc2C1. The molecule has 0 heterocycles. The Kier molecular flexibility index (Phi) is 5.29. The van der Waals surface area contributed by atoms with E-state index in [0.29, 0.717) is 34.4 Å². The molecule has 0 aliphatic heterocycles. The number of para-hydroxylation sites is 1. The van der Waals surface area contributed by atoms with E-state index in [9.17, 15) is 9.90 Å². The first-order valence-electron chi connectivity index (χ1n) is 9.09. The predicted octanol–water partition coefficient (Wildman–Crippen LogP) is 6.64. The zero-order valence-electron chi connectivity index (χ0n) is 15.0. The number of fused-ring (bicyclic) bond motifs is 1. The van der Waals surface area contributed by atoms with Gasteiger partial charge in [0, 0.05) is 11.1 Å². The molecule has 0 saturated heterocycles. The van der Waals surface area contributed by atoms with Gasteiger partial charge in [0.1, 0.15) is 11.5 Å². The summed E-state index contributed by atoms with van der Waals surface area (Å²) in [6.45, 7) is 0. The minimum absolute atomic E-state index is 0.333. The monoisotopic (exact) mass is 412 g/mol. The maximum Gasteiger partial charge on any atom is 0.306 e. The summed E-state index contributed by atoms with van der Waals surface area (Å²) in [5.74, 6) is 0.269. The molecule has 3 aromatic rings. The van der Waals surface area contributed by atoms with Crippen LogP contribution in [-0.2, 0) is 17.6 Å². The number of hydrogen-bond acceptors (Lipinski definition) is 2. The molecule has 0 amide bonds. The second-order valence-electron chi connectivity index (χ2n) is 6.91. The molecule has 1 aliphatic rings. The Balaban J connectivity index is 1.67. The number of carbonyl (C=O) groups is 1. The Bertz CT molecular complexity index is 1050. The maximum atomic E-state index is 11.3. The van der Waals surface area contributed by atoms with Gasteiger partial charge < -0.3 is 9.84 Å². The third-order valence-corrected chi connectivity index (χ3v) is 5.93. The van der Waals surface area contributed by atoms with Crippen LogP contribution in [0.1, 0.15) is 17.5 Å². The van der Waals surface area contributed by atoms with Crippen LogP contribution in [0.2, 0.25) is 10.0 Å². The van der Waals surface area contributed by atoms with Crippen LogP contribution >= 0.6 is 23.2 Å². The summed E-state index contributed by atoms with van der Waals surface area (Å²) in [5, 5.41) is 10.3. The number of carboxylic acid groups (broad SMARTS) is 1. The van der Waals surface area contributed by atoms with Gasteiger partial charge in [-0.2, -0.15) is 0 Å². The molecule has 0 fully saturated rings. The molecule has 3 nitrogen and oxygen atoms in total. The summed E-state index contributed by atoms with van der Waals surface area (Å²) in [6.07, 6.45) is 1.99.